The molecule has 0 aromatic carbocycles. The number of hydrogen-bond donors (Lipinski definition) is 1. The van der Waals surface area contributed by atoms with Gasteiger partial charge < -0.3 is 15.2 Å². The first-order valence-corrected chi connectivity index (χ1v) is 15.6. The fourth-order valence-corrected chi connectivity index (χ4v) is 4.55. The Morgan fingerprint density at radius 2 is 0.750 bits per heavy atom. The van der Waals surface area contributed by atoms with Gasteiger partial charge in [-0.05, 0) is 12.8 Å². The number of hydrogen-bond acceptors (Lipinski definition) is 5. The van der Waals surface area contributed by atoms with Gasteiger partial charge >= 0.3 is 11.9 Å². The first-order chi connectivity index (χ1) is 17.5. The smallest absolute Gasteiger partial charge is 0.309 e. The molecule has 0 spiro atoms. The van der Waals surface area contributed by atoms with Crippen LogP contribution in [0.4, 0.5) is 0 Å². The van der Waals surface area contributed by atoms with Crippen LogP contribution in [0.1, 0.15) is 175 Å². The van der Waals surface area contributed by atoms with Gasteiger partial charge in [-0.2, -0.15) is 0 Å². The fraction of sp³-hybridized carbons (Fsp3) is 0.935. The maximum atomic E-state index is 12.2. The molecule has 0 saturated heterocycles. The highest BCUT2D eigenvalue weighted by Crippen LogP contribution is 2.18. The Hall–Kier alpha value is -1.10. The van der Waals surface area contributed by atoms with Crippen molar-refractivity contribution in [3.63, 3.8) is 0 Å². The Labute approximate surface area is 224 Å². The minimum absolute atomic E-state index is 0.0268. The Morgan fingerprint density at radius 1 is 0.500 bits per heavy atom. The number of unbranched alkanes of at least 4 members (excludes halogenated alkanes) is 20. The summed E-state index contributed by atoms with van der Waals surface area (Å²) in [6.45, 7) is 6.06. The van der Waals surface area contributed by atoms with Crippen molar-refractivity contribution >= 4 is 11.9 Å². The van der Waals surface area contributed by atoms with Crippen molar-refractivity contribution in [3.8, 4) is 0 Å². The van der Waals surface area contributed by atoms with Crippen LogP contribution in [-0.4, -0.2) is 24.3 Å². The maximum Gasteiger partial charge on any atom is 0.309 e. The highest BCUT2D eigenvalue weighted by Gasteiger charge is 2.31. The molecule has 0 aliphatic rings. The minimum atomic E-state index is -1.36. The summed E-state index contributed by atoms with van der Waals surface area (Å²) in [4.78, 5) is 24.5. The summed E-state index contributed by atoms with van der Waals surface area (Å²) < 4.78 is 10.9. The van der Waals surface area contributed by atoms with E-state index in [1.165, 1.54) is 103 Å². The van der Waals surface area contributed by atoms with Gasteiger partial charge in [-0.1, -0.05) is 142 Å². The maximum absolute atomic E-state index is 12.2. The van der Waals surface area contributed by atoms with Crippen LogP contribution in [0.5, 0.6) is 0 Å². The molecule has 36 heavy (non-hydrogen) atoms. The summed E-state index contributed by atoms with van der Waals surface area (Å²) in [6.07, 6.45) is 27.9. The summed E-state index contributed by atoms with van der Waals surface area (Å²) in [5, 5.41) is 0. The second kappa shape index (κ2) is 25.5. The van der Waals surface area contributed by atoms with Gasteiger partial charge in [0.25, 0.3) is 5.79 Å². The normalized spacial score (nSPS) is 11.6. The summed E-state index contributed by atoms with van der Waals surface area (Å²) in [7, 11) is 0. The summed E-state index contributed by atoms with van der Waals surface area (Å²) >= 11 is 0. The molecule has 0 bridgehead atoms. The van der Waals surface area contributed by atoms with Crippen LogP contribution in [0, 0.1) is 0 Å². The van der Waals surface area contributed by atoms with E-state index in [1.54, 1.807) is 6.92 Å². The average Bonchev–Trinajstić information content (AvgIpc) is 2.85. The van der Waals surface area contributed by atoms with Crippen LogP contribution in [-0.2, 0) is 19.1 Å². The van der Waals surface area contributed by atoms with Crippen molar-refractivity contribution in [2.45, 2.75) is 181 Å². The molecular formula is C31H61NO4. The zero-order chi connectivity index (χ0) is 26.7. The third-order valence-corrected chi connectivity index (χ3v) is 7.00. The predicted octanol–water partition coefficient (Wildman–Crippen LogP) is 9.15. The summed E-state index contributed by atoms with van der Waals surface area (Å²) in [6, 6.07) is 0. The molecule has 0 aromatic rings. The molecular weight excluding hydrogens is 450 g/mol. The van der Waals surface area contributed by atoms with Gasteiger partial charge in [-0.3, -0.25) is 9.59 Å². The van der Waals surface area contributed by atoms with E-state index >= 15 is 0 Å². The van der Waals surface area contributed by atoms with Gasteiger partial charge in [0, 0.05) is 19.8 Å². The molecule has 2 N–H and O–H groups in total. The van der Waals surface area contributed by atoms with Gasteiger partial charge in [0.15, 0.2) is 0 Å². The second-order valence-electron chi connectivity index (χ2n) is 10.9. The molecule has 5 heteroatoms. The van der Waals surface area contributed by atoms with Crippen molar-refractivity contribution in [2.75, 3.05) is 6.54 Å². The molecule has 0 aliphatic carbocycles. The van der Waals surface area contributed by atoms with E-state index in [-0.39, 0.29) is 18.5 Å². The number of rotatable bonds is 27. The fourth-order valence-electron chi connectivity index (χ4n) is 4.55. The lowest BCUT2D eigenvalue weighted by Crippen LogP contribution is -2.43. The number of ether oxygens (including phenoxy) is 2. The zero-order valence-electron chi connectivity index (χ0n) is 24.4. The van der Waals surface area contributed by atoms with Crippen LogP contribution in [0.25, 0.3) is 0 Å². The quantitative estimate of drug-likeness (QED) is 0.0675. The Kier molecular flexibility index (Phi) is 24.8. The van der Waals surface area contributed by atoms with Gasteiger partial charge in [-0.15, -0.1) is 0 Å². The lowest BCUT2D eigenvalue weighted by molar-refractivity contribution is -0.219. The topological polar surface area (TPSA) is 78.6 Å². The van der Waals surface area contributed by atoms with E-state index in [4.69, 9.17) is 15.2 Å². The van der Waals surface area contributed by atoms with Gasteiger partial charge in [0.05, 0.1) is 6.54 Å². The molecule has 0 rings (SSSR count). The van der Waals surface area contributed by atoms with Crippen LogP contribution in [0.2, 0.25) is 0 Å². The molecule has 0 amide bonds. The van der Waals surface area contributed by atoms with E-state index < -0.39 is 5.79 Å². The predicted molar refractivity (Wildman–Crippen MR) is 152 cm³/mol. The summed E-state index contributed by atoms with van der Waals surface area (Å²) in [5.41, 5.74) is 5.77. The lowest BCUT2D eigenvalue weighted by atomic mass is 10.1. The number of esters is 2. The largest absolute Gasteiger partial charge is 0.421 e. The van der Waals surface area contributed by atoms with E-state index in [9.17, 15) is 9.59 Å². The molecule has 0 aliphatic heterocycles. The Morgan fingerprint density at radius 3 is 1.00 bits per heavy atom. The molecule has 0 aromatic heterocycles. The van der Waals surface area contributed by atoms with Crippen molar-refractivity contribution < 1.29 is 19.1 Å². The molecule has 0 fully saturated rings. The van der Waals surface area contributed by atoms with Crippen LogP contribution < -0.4 is 5.73 Å². The number of carbonyl (C=O) groups is 2. The van der Waals surface area contributed by atoms with E-state index in [0.29, 0.717) is 12.8 Å². The number of carbonyl (C=O) groups excluding carboxylic acids is 2. The highest BCUT2D eigenvalue weighted by molar-refractivity contribution is 5.72. The molecule has 0 radical (unpaired) electrons. The summed E-state index contributed by atoms with van der Waals surface area (Å²) in [5.74, 6) is -2.02. The van der Waals surface area contributed by atoms with Crippen molar-refractivity contribution in [3.05, 3.63) is 0 Å². The van der Waals surface area contributed by atoms with Crippen LogP contribution >= 0.6 is 0 Å². The first-order valence-electron chi connectivity index (χ1n) is 15.6. The van der Waals surface area contributed by atoms with Gasteiger partial charge in [-0.25, -0.2) is 0 Å². The van der Waals surface area contributed by atoms with Crippen molar-refractivity contribution in [2.24, 2.45) is 5.73 Å². The van der Waals surface area contributed by atoms with Gasteiger partial charge in [0.2, 0.25) is 0 Å². The van der Waals surface area contributed by atoms with Gasteiger partial charge in [0.1, 0.15) is 0 Å². The Balaban J connectivity index is 3.75. The SMILES string of the molecule is CCCCCCCCCCCCCC(=O)OC(C)(CN)OC(=O)CCCCCCCCCCCCC. The molecule has 5 nitrogen and oxygen atoms in total. The molecule has 0 unspecified atom stereocenters. The average molecular weight is 512 g/mol. The standard InChI is InChI=1S/C31H61NO4/c1-4-6-8-10-12-14-16-18-20-22-24-26-29(33)35-31(3,28-32)36-30(34)27-25-23-21-19-17-15-13-11-9-7-5-2/h4-28,32H2,1-3H3. The first kappa shape index (κ1) is 34.9. The third-order valence-electron chi connectivity index (χ3n) is 7.00. The van der Waals surface area contributed by atoms with E-state index in [1.807, 2.05) is 0 Å². The molecule has 0 heterocycles. The van der Waals surface area contributed by atoms with Crippen molar-refractivity contribution in [1.29, 1.82) is 0 Å². The second-order valence-corrected chi connectivity index (χ2v) is 10.9. The van der Waals surface area contributed by atoms with E-state index in [2.05, 4.69) is 13.8 Å². The molecule has 0 atom stereocenters. The molecule has 214 valence electrons. The lowest BCUT2D eigenvalue weighted by Gasteiger charge is -2.27. The number of nitrogens with two attached hydrogens (primary N) is 1. The molecule has 0 saturated carbocycles. The van der Waals surface area contributed by atoms with Crippen molar-refractivity contribution in [1.82, 2.24) is 0 Å². The van der Waals surface area contributed by atoms with Crippen LogP contribution in [0.3, 0.4) is 0 Å². The third kappa shape index (κ3) is 23.3. The zero-order valence-corrected chi connectivity index (χ0v) is 24.4. The van der Waals surface area contributed by atoms with E-state index in [0.717, 1.165) is 38.5 Å². The van der Waals surface area contributed by atoms with Crippen LogP contribution in [0.15, 0.2) is 0 Å². The highest BCUT2D eigenvalue weighted by atomic mass is 16.7. The monoisotopic (exact) mass is 511 g/mol. The Bertz CT molecular complexity index is 469. The minimum Gasteiger partial charge on any atom is -0.421 e.